The van der Waals surface area contributed by atoms with E-state index in [4.69, 9.17) is 18.0 Å². The number of nitrogens with one attached hydrogen (secondary N) is 1. The summed E-state index contributed by atoms with van der Waals surface area (Å²) in [5.41, 5.74) is 6.58. The van der Waals surface area contributed by atoms with Gasteiger partial charge in [0, 0.05) is 24.8 Å². The first-order valence-electron chi connectivity index (χ1n) is 7.12. The summed E-state index contributed by atoms with van der Waals surface area (Å²) in [4.78, 5) is 2.47. The number of likely N-dealkylation sites (N-methyl/N-ethyl adjacent to an activating group) is 1. The van der Waals surface area contributed by atoms with Crippen LogP contribution in [0.15, 0.2) is 18.2 Å². The summed E-state index contributed by atoms with van der Waals surface area (Å²) in [5, 5.41) is 3.24. The van der Waals surface area contributed by atoms with Crippen molar-refractivity contribution in [2.75, 3.05) is 25.5 Å². The molecular formula is C15H22FN3S. The fraction of sp³-hybridized carbons (Fsp3) is 0.533. The van der Waals surface area contributed by atoms with Gasteiger partial charge in [0.05, 0.1) is 5.56 Å². The molecule has 0 aromatic heterocycles. The molecule has 0 radical (unpaired) electrons. The van der Waals surface area contributed by atoms with E-state index in [1.807, 2.05) is 6.07 Å². The number of nitrogens with zero attached hydrogens (tertiary/aromatic N) is 1. The Hall–Kier alpha value is -1.20. The van der Waals surface area contributed by atoms with Crippen molar-refractivity contribution in [3.8, 4) is 0 Å². The molecule has 3 N–H and O–H groups in total. The fourth-order valence-corrected chi connectivity index (χ4v) is 3.02. The Labute approximate surface area is 125 Å². The number of hydrogen-bond donors (Lipinski definition) is 2. The van der Waals surface area contributed by atoms with Gasteiger partial charge in [0.15, 0.2) is 0 Å². The second kappa shape index (κ2) is 6.99. The van der Waals surface area contributed by atoms with Crippen LogP contribution < -0.4 is 11.1 Å². The topological polar surface area (TPSA) is 41.3 Å². The van der Waals surface area contributed by atoms with Crippen molar-refractivity contribution in [3.05, 3.63) is 29.6 Å². The number of halogens is 1. The average molecular weight is 295 g/mol. The number of hydrogen-bond acceptors (Lipinski definition) is 3. The molecule has 1 aromatic carbocycles. The molecule has 3 nitrogen and oxygen atoms in total. The van der Waals surface area contributed by atoms with Crippen molar-refractivity contribution in [1.82, 2.24) is 4.90 Å². The van der Waals surface area contributed by atoms with Gasteiger partial charge in [0.2, 0.25) is 0 Å². The molecule has 0 spiro atoms. The summed E-state index contributed by atoms with van der Waals surface area (Å²) in [6, 6.07) is 5.55. The predicted molar refractivity (Wildman–Crippen MR) is 85.7 cm³/mol. The van der Waals surface area contributed by atoms with Crippen molar-refractivity contribution in [2.24, 2.45) is 5.73 Å². The smallest absolute Gasteiger partial charge is 0.135 e. The molecule has 1 aliphatic carbocycles. The van der Waals surface area contributed by atoms with Crippen LogP contribution in [-0.2, 0) is 0 Å². The lowest BCUT2D eigenvalue weighted by Gasteiger charge is -2.24. The normalized spacial score (nSPS) is 15.8. The molecule has 0 heterocycles. The Balaban J connectivity index is 1.90. The second-order valence-electron chi connectivity index (χ2n) is 5.37. The number of rotatable bonds is 6. The van der Waals surface area contributed by atoms with Gasteiger partial charge in [-0.2, -0.15) is 0 Å². The van der Waals surface area contributed by atoms with E-state index >= 15 is 0 Å². The highest BCUT2D eigenvalue weighted by molar-refractivity contribution is 7.80. The van der Waals surface area contributed by atoms with Crippen LogP contribution in [0.25, 0.3) is 0 Å². The molecule has 0 amide bonds. The zero-order chi connectivity index (χ0) is 14.5. The van der Waals surface area contributed by atoms with Crippen LogP contribution in [0.5, 0.6) is 0 Å². The van der Waals surface area contributed by atoms with Gasteiger partial charge in [-0.3, -0.25) is 0 Å². The maximum Gasteiger partial charge on any atom is 0.135 e. The van der Waals surface area contributed by atoms with Crippen molar-refractivity contribution in [1.29, 1.82) is 0 Å². The van der Waals surface area contributed by atoms with E-state index in [2.05, 4.69) is 17.3 Å². The molecule has 1 aromatic rings. The lowest BCUT2D eigenvalue weighted by Crippen LogP contribution is -2.33. The predicted octanol–water partition coefficient (Wildman–Crippen LogP) is 2.75. The average Bonchev–Trinajstić information content (AvgIpc) is 2.92. The first kappa shape index (κ1) is 15.2. The van der Waals surface area contributed by atoms with E-state index in [0.29, 0.717) is 17.3 Å². The SMILES string of the molecule is CN(CCNc1cccc(F)c1C(N)=S)C1CCCC1. The molecule has 1 aliphatic rings. The van der Waals surface area contributed by atoms with E-state index < -0.39 is 0 Å². The molecule has 0 saturated heterocycles. The number of anilines is 1. The lowest BCUT2D eigenvalue weighted by molar-refractivity contribution is 0.254. The number of thiocarbonyl (C=S) groups is 1. The summed E-state index contributed by atoms with van der Waals surface area (Å²) in [7, 11) is 2.15. The van der Waals surface area contributed by atoms with Crippen LogP contribution >= 0.6 is 12.2 Å². The Kier molecular flexibility index (Phi) is 5.31. The summed E-state index contributed by atoms with van der Waals surface area (Å²) >= 11 is 4.91. The minimum Gasteiger partial charge on any atom is -0.389 e. The Morgan fingerprint density at radius 3 is 2.80 bits per heavy atom. The third kappa shape index (κ3) is 3.67. The first-order valence-corrected chi connectivity index (χ1v) is 7.53. The third-order valence-electron chi connectivity index (χ3n) is 3.99. The summed E-state index contributed by atoms with van der Waals surface area (Å²) < 4.78 is 13.7. The third-order valence-corrected chi connectivity index (χ3v) is 4.19. The molecule has 0 atom stereocenters. The van der Waals surface area contributed by atoms with Crippen LogP contribution in [0.4, 0.5) is 10.1 Å². The Bertz CT molecular complexity index is 472. The van der Waals surface area contributed by atoms with Crippen LogP contribution in [0, 0.1) is 5.82 Å². The molecule has 110 valence electrons. The monoisotopic (exact) mass is 295 g/mol. The van der Waals surface area contributed by atoms with Crippen molar-refractivity contribution >= 4 is 22.9 Å². The van der Waals surface area contributed by atoms with Crippen molar-refractivity contribution in [3.63, 3.8) is 0 Å². The molecule has 1 saturated carbocycles. The van der Waals surface area contributed by atoms with Crippen molar-refractivity contribution in [2.45, 2.75) is 31.7 Å². The fourth-order valence-electron chi connectivity index (χ4n) is 2.82. The summed E-state index contributed by atoms with van der Waals surface area (Å²) in [6.45, 7) is 1.68. The van der Waals surface area contributed by atoms with E-state index in [-0.39, 0.29) is 10.8 Å². The highest BCUT2D eigenvalue weighted by atomic mass is 32.1. The highest BCUT2D eigenvalue weighted by Gasteiger charge is 2.19. The number of benzene rings is 1. The maximum absolute atomic E-state index is 13.7. The van der Waals surface area contributed by atoms with Crippen LogP contribution in [0.3, 0.4) is 0 Å². The van der Waals surface area contributed by atoms with E-state index in [9.17, 15) is 4.39 Å². The quantitative estimate of drug-likeness (QED) is 0.792. The maximum atomic E-state index is 13.7. The lowest BCUT2D eigenvalue weighted by atomic mass is 10.1. The molecule has 0 aliphatic heterocycles. The molecule has 0 bridgehead atoms. The van der Waals surface area contributed by atoms with Crippen LogP contribution in [-0.4, -0.2) is 36.1 Å². The van der Waals surface area contributed by atoms with Crippen molar-refractivity contribution < 1.29 is 4.39 Å². The van der Waals surface area contributed by atoms with Gasteiger partial charge in [-0.15, -0.1) is 0 Å². The van der Waals surface area contributed by atoms with E-state index in [0.717, 1.165) is 13.1 Å². The minimum atomic E-state index is -0.369. The largest absolute Gasteiger partial charge is 0.389 e. The Morgan fingerprint density at radius 2 is 2.15 bits per heavy atom. The molecular weight excluding hydrogens is 273 g/mol. The van der Waals surface area contributed by atoms with Gasteiger partial charge in [0.25, 0.3) is 0 Å². The molecule has 2 rings (SSSR count). The highest BCUT2D eigenvalue weighted by Crippen LogP contribution is 2.22. The van der Waals surface area contributed by atoms with Crippen LogP contribution in [0.1, 0.15) is 31.2 Å². The minimum absolute atomic E-state index is 0.0924. The van der Waals surface area contributed by atoms with E-state index in [1.165, 1.54) is 31.7 Å². The Morgan fingerprint density at radius 1 is 1.45 bits per heavy atom. The van der Waals surface area contributed by atoms with Gasteiger partial charge >= 0.3 is 0 Å². The molecule has 0 unspecified atom stereocenters. The molecule has 20 heavy (non-hydrogen) atoms. The van der Waals surface area contributed by atoms with Gasteiger partial charge in [-0.05, 0) is 32.0 Å². The zero-order valence-corrected chi connectivity index (χ0v) is 12.7. The van der Waals surface area contributed by atoms with Gasteiger partial charge < -0.3 is 16.0 Å². The molecule has 5 heteroatoms. The second-order valence-corrected chi connectivity index (χ2v) is 5.81. The summed E-state index contributed by atoms with van der Waals surface area (Å²) in [6.07, 6.45) is 5.24. The van der Waals surface area contributed by atoms with Gasteiger partial charge in [-0.1, -0.05) is 31.1 Å². The number of nitrogens with two attached hydrogens (primary N) is 1. The standard InChI is InChI=1S/C15H22FN3S/c1-19(11-5-2-3-6-11)10-9-18-13-8-4-7-12(16)14(13)15(17)20/h4,7-8,11,18H,2-3,5-6,9-10H2,1H3,(H2,17,20). The van der Waals surface area contributed by atoms with Crippen LogP contribution in [0.2, 0.25) is 0 Å². The first-order chi connectivity index (χ1) is 9.59. The van der Waals surface area contributed by atoms with Gasteiger partial charge in [0.1, 0.15) is 10.8 Å². The zero-order valence-electron chi connectivity index (χ0n) is 11.9. The molecule has 1 fully saturated rings. The summed E-state index contributed by atoms with van der Waals surface area (Å²) in [5.74, 6) is -0.369. The van der Waals surface area contributed by atoms with E-state index in [1.54, 1.807) is 6.07 Å². The van der Waals surface area contributed by atoms with Gasteiger partial charge in [-0.25, -0.2) is 4.39 Å².